The van der Waals surface area contributed by atoms with Crippen LogP contribution in [0.15, 0.2) is 60.7 Å². The van der Waals surface area contributed by atoms with Crippen LogP contribution in [-0.4, -0.2) is 87.2 Å². The fourth-order valence-electron chi connectivity index (χ4n) is 7.93. The number of nitrogens with one attached hydrogen (secondary N) is 2. The van der Waals surface area contributed by atoms with E-state index in [1.54, 1.807) is 64.1 Å². The maximum Gasteiger partial charge on any atom is 0.356 e. The first-order valence-electron chi connectivity index (χ1n) is 23.2. The molecule has 0 unspecified atom stereocenters. The van der Waals surface area contributed by atoms with E-state index in [0.717, 1.165) is 22.3 Å². The topological polar surface area (TPSA) is 199 Å². The molecular weight excluding hydrogens is 1000 g/mol. The molecule has 76 heavy (non-hydrogen) atoms. The van der Waals surface area contributed by atoms with Gasteiger partial charge < -0.3 is 28.8 Å². The van der Waals surface area contributed by atoms with Crippen LogP contribution in [0.4, 0.5) is 22.0 Å². The molecule has 0 spiro atoms. The molecule has 0 aromatic heterocycles. The van der Waals surface area contributed by atoms with Crippen LogP contribution in [-0.2, 0) is 9.59 Å². The quantitative estimate of drug-likeness (QED) is 0.0349. The summed E-state index contributed by atoms with van der Waals surface area (Å²) in [6, 6.07) is 16.7. The van der Waals surface area contributed by atoms with Gasteiger partial charge in [0.25, 0.3) is 23.6 Å². The largest absolute Gasteiger partial charge is 0.485 e. The number of nitrogens with zero attached hydrogens (tertiary/aromatic N) is 2. The van der Waals surface area contributed by atoms with Crippen LogP contribution >= 0.6 is 0 Å². The minimum atomic E-state index is -2.41. The van der Waals surface area contributed by atoms with E-state index in [4.69, 9.17) is 18.9 Å². The standard InChI is InChI=1S/C30H27F5N2O6.C24H28N2O6.CH4/c1-13-9-14(2)11-16(10-13)28(39)37(30(4,5)6)36-27(38)17-7-8-18-25(15(17)3)42-19(12-41-18)29(40)43-26-23(34)21(32)20(31)22(33)24(26)35;1-13-9-14(2)11-16(10-13)22(28)26(24(4,5)6)25-21(27)17-7-8-18-20(15(17)3)32-19(12-31-18)23(29)30;/h7-11,19H,12H2,1-6H3,(H,36,38);7-11,19H,12H2,1-6H3,(H,25,27)(H,29,30);1H4/t2*19-;/m11./s1. The molecule has 0 aliphatic carbocycles. The lowest BCUT2D eigenvalue weighted by Gasteiger charge is -2.36. The van der Waals surface area contributed by atoms with E-state index < -0.39 is 94.4 Å². The van der Waals surface area contributed by atoms with Gasteiger partial charge in [0.2, 0.25) is 47.0 Å². The number of carboxylic acid groups (broad SMARTS) is 1. The van der Waals surface area contributed by atoms with Crippen molar-refractivity contribution in [3.8, 4) is 28.7 Å². The number of rotatable bonds is 7. The predicted molar refractivity (Wildman–Crippen MR) is 267 cm³/mol. The van der Waals surface area contributed by atoms with Crippen LogP contribution in [0, 0.1) is 70.6 Å². The Labute approximate surface area is 436 Å². The van der Waals surface area contributed by atoms with Crippen molar-refractivity contribution in [3.05, 3.63) is 145 Å². The second-order valence-electron chi connectivity index (χ2n) is 19.9. The highest BCUT2D eigenvalue weighted by molar-refractivity contribution is 6.02. The molecule has 4 amide bonds. The van der Waals surface area contributed by atoms with Crippen molar-refractivity contribution in [1.29, 1.82) is 0 Å². The zero-order valence-corrected chi connectivity index (χ0v) is 43.1. The zero-order valence-electron chi connectivity index (χ0n) is 43.1. The van der Waals surface area contributed by atoms with Crippen molar-refractivity contribution in [1.82, 2.24) is 20.9 Å². The number of carbonyl (C=O) groups excluding carboxylic acids is 5. The van der Waals surface area contributed by atoms with Gasteiger partial charge in [0.05, 0.1) is 11.1 Å². The van der Waals surface area contributed by atoms with Gasteiger partial charge in [0.1, 0.15) is 13.2 Å². The van der Waals surface area contributed by atoms with Crippen molar-refractivity contribution >= 4 is 35.6 Å². The van der Waals surface area contributed by atoms with E-state index in [1.807, 2.05) is 60.6 Å². The fourth-order valence-corrected chi connectivity index (χ4v) is 7.93. The Kier molecular flexibility index (Phi) is 17.5. The summed E-state index contributed by atoms with van der Waals surface area (Å²) in [5.74, 6) is -17.6. The number of hydrogen-bond acceptors (Lipinski definition) is 11. The van der Waals surface area contributed by atoms with Crippen LogP contribution in [0.25, 0.3) is 0 Å². The van der Waals surface area contributed by atoms with Crippen molar-refractivity contribution < 1.29 is 79.5 Å². The first-order valence-corrected chi connectivity index (χ1v) is 23.2. The second kappa shape index (κ2) is 22.7. The van der Waals surface area contributed by atoms with Crippen LogP contribution in [0.1, 0.15) is 124 Å². The van der Waals surface area contributed by atoms with E-state index in [-0.39, 0.29) is 53.9 Å². The van der Waals surface area contributed by atoms with E-state index in [9.17, 15) is 55.8 Å². The van der Waals surface area contributed by atoms with E-state index in [0.29, 0.717) is 22.4 Å². The molecule has 7 rings (SSSR count). The van der Waals surface area contributed by atoms with Gasteiger partial charge in [-0.15, -0.1) is 0 Å². The Morgan fingerprint density at radius 1 is 0.553 bits per heavy atom. The molecule has 5 aromatic carbocycles. The maximum absolute atomic E-state index is 14.0. The van der Waals surface area contributed by atoms with E-state index in [1.165, 1.54) is 29.1 Å². The molecule has 16 nitrogen and oxygen atoms in total. The SMILES string of the molecule is C.Cc1cc(C)cc(C(=O)N(NC(=O)c2ccc3c(c2C)O[C@@H](C(=O)O)CO3)C(C)(C)C)c1.Cc1cc(C)cc(C(=O)N(NC(=O)c2ccc3c(c2C)O[C@@H](C(=O)Oc2c(F)c(F)c(F)c(F)c2F)CO3)C(C)(C)C)c1. The molecule has 0 saturated heterocycles. The number of carbonyl (C=O) groups is 6. The Morgan fingerprint density at radius 2 is 0.895 bits per heavy atom. The number of aryl methyl sites for hydroxylation is 4. The van der Waals surface area contributed by atoms with Crippen LogP contribution in [0.5, 0.6) is 28.7 Å². The normalized spacial score (nSPS) is 14.4. The minimum absolute atomic E-state index is 0. The number of aliphatic carboxylic acids is 1. The van der Waals surface area contributed by atoms with Crippen LogP contribution in [0.2, 0.25) is 0 Å². The lowest BCUT2D eigenvalue weighted by atomic mass is 10.0. The van der Waals surface area contributed by atoms with Gasteiger partial charge in [-0.3, -0.25) is 30.0 Å². The minimum Gasteiger partial charge on any atom is -0.485 e. The van der Waals surface area contributed by atoms with Crippen molar-refractivity contribution in [2.45, 2.75) is 114 Å². The zero-order chi connectivity index (χ0) is 55.8. The van der Waals surface area contributed by atoms with Crippen LogP contribution in [0.3, 0.4) is 0 Å². The summed E-state index contributed by atoms with van der Waals surface area (Å²) in [5, 5.41) is 11.7. The van der Waals surface area contributed by atoms with Gasteiger partial charge in [-0.25, -0.2) is 32.8 Å². The summed E-state index contributed by atoms with van der Waals surface area (Å²) in [5.41, 5.74) is 9.11. The van der Waals surface area contributed by atoms with Gasteiger partial charge in [0.15, 0.2) is 23.0 Å². The summed E-state index contributed by atoms with van der Waals surface area (Å²) in [6.45, 7) is 20.6. The third-order valence-electron chi connectivity index (χ3n) is 11.6. The Hall–Kier alpha value is -8.23. The smallest absolute Gasteiger partial charge is 0.356 e. The summed E-state index contributed by atoms with van der Waals surface area (Å²) in [4.78, 5) is 77.2. The van der Waals surface area contributed by atoms with Gasteiger partial charge in [0, 0.05) is 33.4 Å². The molecule has 21 heteroatoms. The molecule has 2 aliphatic heterocycles. The number of hydrazine groups is 2. The molecule has 0 fully saturated rings. The average molecular weight is 1060 g/mol. The highest BCUT2D eigenvalue weighted by Gasteiger charge is 2.37. The van der Waals surface area contributed by atoms with Crippen LogP contribution < -0.4 is 34.5 Å². The first kappa shape index (κ1) is 58.7. The number of fused-ring (bicyclic) bond motifs is 2. The molecule has 0 bridgehead atoms. The lowest BCUT2D eigenvalue weighted by Crippen LogP contribution is -2.56. The maximum atomic E-state index is 14.0. The van der Waals surface area contributed by atoms with E-state index >= 15 is 0 Å². The molecule has 0 radical (unpaired) electrons. The molecule has 406 valence electrons. The number of amides is 4. The van der Waals surface area contributed by atoms with Crippen molar-refractivity contribution in [2.24, 2.45) is 0 Å². The summed E-state index contributed by atoms with van der Waals surface area (Å²) < 4.78 is 95.0. The molecule has 2 atom stereocenters. The van der Waals surface area contributed by atoms with Gasteiger partial charge in [-0.1, -0.05) is 41.8 Å². The number of esters is 1. The Bertz CT molecular complexity index is 3080. The third-order valence-corrected chi connectivity index (χ3v) is 11.6. The number of benzene rings is 5. The molecule has 0 saturated carbocycles. The summed E-state index contributed by atoms with van der Waals surface area (Å²) in [7, 11) is 0. The predicted octanol–water partition coefficient (Wildman–Crippen LogP) is 9.70. The number of carboxylic acids is 1. The second-order valence-corrected chi connectivity index (χ2v) is 19.9. The molecule has 2 heterocycles. The van der Waals surface area contributed by atoms with Gasteiger partial charge in [-0.05, 0) is 132 Å². The number of hydrogen-bond donors (Lipinski definition) is 3. The molecule has 3 N–H and O–H groups in total. The average Bonchev–Trinajstić information content (AvgIpc) is 3.33. The molecule has 5 aromatic rings. The van der Waals surface area contributed by atoms with Gasteiger partial charge in [-0.2, -0.15) is 8.78 Å². The Balaban J connectivity index is 0.000000289. The summed E-state index contributed by atoms with van der Waals surface area (Å²) in [6.07, 6.45) is -2.85. The number of halogens is 5. The third kappa shape index (κ3) is 12.6. The number of ether oxygens (including phenoxy) is 5. The lowest BCUT2D eigenvalue weighted by molar-refractivity contribution is -0.147. The summed E-state index contributed by atoms with van der Waals surface area (Å²) >= 11 is 0. The van der Waals surface area contributed by atoms with Gasteiger partial charge >= 0.3 is 11.9 Å². The van der Waals surface area contributed by atoms with E-state index in [2.05, 4.69) is 15.6 Å². The molecular formula is C55H59F5N4O12. The fraction of sp³-hybridized carbons (Fsp3) is 0.345. The highest BCUT2D eigenvalue weighted by atomic mass is 19.2. The van der Waals surface area contributed by atoms with Crippen molar-refractivity contribution in [2.75, 3.05) is 13.2 Å². The monoisotopic (exact) mass is 1060 g/mol. The first-order chi connectivity index (χ1) is 34.9. The van der Waals surface area contributed by atoms with Crippen molar-refractivity contribution in [3.63, 3.8) is 0 Å². The Morgan fingerprint density at radius 3 is 1.25 bits per heavy atom. The molecule has 2 aliphatic rings. The highest BCUT2D eigenvalue weighted by Crippen LogP contribution is 2.39.